The molecule has 0 atom stereocenters. The van der Waals surface area contributed by atoms with Gasteiger partial charge in [-0.1, -0.05) is 6.07 Å². The lowest BCUT2D eigenvalue weighted by atomic mass is 10.1. The highest BCUT2D eigenvalue weighted by Crippen LogP contribution is 2.37. The van der Waals surface area contributed by atoms with Crippen molar-refractivity contribution in [3.8, 4) is 11.5 Å². The normalized spacial score (nSPS) is 20.0. The summed E-state index contributed by atoms with van der Waals surface area (Å²) in [6.45, 7) is 3.93. The number of ether oxygens (including phenoxy) is 2. The van der Waals surface area contributed by atoms with E-state index >= 15 is 0 Å². The zero-order chi connectivity index (χ0) is 17.1. The summed E-state index contributed by atoms with van der Waals surface area (Å²) in [6, 6.07) is 5.69. The topological polar surface area (TPSA) is 51.1 Å². The van der Waals surface area contributed by atoms with Gasteiger partial charge in [0.25, 0.3) is 5.91 Å². The Morgan fingerprint density at radius 3 is 2.50 bits per heavy atom. The number of piperidine rings is 1. The first-order valence-corrected chi connectivity index (χ1v) is 8.94. The molecule has 1 fully saturated rings. The summed E-state index contributed by atoms with van der Waals surface area (Å²) in [5.41, 5.74) is 1.86. The molecule has 0 aromatic heterocycles. The molecule has 0 N–H and O–H groups in total. The Kier molecular flexibility index (Phi) is 5.14. The van der Waals surface area contributed by atoms with Gasteiger partial charge in [0.05, 0.1) is 19.1 Å². The number of nitrogens with zero attached hydrogens (tertiary/aromatic N) is 2. The number of rotatable bonds is 3. The van der Waals surface area contributed by atoms with Crippen LogP contribution in [-0.2, 0) is 4.79 Å². The van der Waals surface area contributed by atoms with Crippen molar-refractivity contribution in [1.82, 2.24) is 4.90 Å². The molecule has 128 valence electrons. The van der Waals surface area contributed by atoms with Crippen molar-refractivity contribution in [2.75, 3.05) is 27.3 Å². The Morgan fingerprint density at radius 1 is 1.12 bits per heavy atom. The number of hydrogen-bond donors (Lipinski definition) is 0. The molecule has 1 saturated heterocycles. The molecule has 2 aliphatic heterocycles. The number of amides is 1. The highest BCUT2D eigenvalue weighted by atomic mass is 32.2. The van der Waals surface area contributed by atoms with Gasteiger partial charge in [-0.05, 0) is 61.2 Å². The van der Waals surface area contributed by atoms with Gasteiger partial charge in [-0.2, -0.15) is 4.99 Å². The number of carbonyl (C=O) groups is 1. The van der Waals surface area contributed by atoms with Crippen molar-refractivity contribution >= 4 is 28.4 Å². The summed E-state index contributed by atoms with van der Waals surface area (Å²) in [4.78, 5) is 19.6. The molecule has 2 heterocycles. The summed E-state index contributed by atoms with van der Waals surface area (Å²) < 4.78 is 10.6. The second-order valence-electron chi connectivity index (χ2n) is 5.87. The van der Waals surface area contributed by atoms with Crippen LogP contribution in [0.2, 0.25) is 0 Å². The SMILES string of the molecule is COc1ccc(/C(C)=C2/SC(N3CCCCC3)=NC2=O)cc1OC. The zero-order valence-electron chi connectivity index (χ0n) is 14.3. The van der Waals surface area contributed by atoms with Gasteiger partial charge >= 0.3 is 0 Å². The Hall–Kier alpha value is -1.95. The number of likely N-dealkylation sites (tertiary alicyclic amines) is 1. The summed E-state index contributed by atoms with van der Waals surface area (Å²) in [6.07, 6.45) is 3.60. The average Bonchev–Trinajstić information content (AvgIpc) is 3.03. The van der Waals surface area contributed by atoms with Gasteiger partial charge in [0.2, 0.25) is 0 Å². The monoisotopic (exact) mass is 346 g/mol. The molecular formula is C18H22N2O3S. The predicted octanol–water partition coefficient (Wildman–Crippen LogP) is 3.55. The maximum atomic E-state index is 12.4. The van der Waals surface area contributed by atoms with Crippen LogP contribution in [0.1, 0.15) is 31.7 Å². The van der Waals surface area contributed by atoms with Gasteiger partial charge in [0, 0.05) is 13.1 Å². The van der Waals surface area contributed by atoms with Gasteiger partial charge in [-0.15, -0.1) is 0 Å². The number of amidine groups is 1. The van der Waals surface area contributed by atoms with E-state index in [2.05, 4.69) is 9.89 Å². The lowest BCUT2D eigenvalue weighted by Gasteiger charge is -2.27. The first-order chi connectivity index (χ1) is 11.6. The number of carbonyl (C=O) groups excluding carboxylic acids is 1. The molecule has 6 heteroatoms. The lowest BCUT2D eigenvalue weighted by Crippen LogP contribution is -2.33. The number of benzene rings is 1. The molecule has 0 aliphatic carbocycles. The molecule has 2 aliphatic rings. The van der Waals surface area contributed by atoms with Gasteiger partial charge < -0.3 is 14.4 Å². The maximum absolute atomic E-state index is 12.4. The molecule has 24 heavy (non-hydrogen) atoms. The van der Waals surface area contributed by atoms with E-state index in [4.69, 9.17) is 9.47 Å². The minimum absolute atomic E-state index is 0.146. The van der Waals surface area contributed by atoms with E-state index in [1.165, 1.54) is 31.0 Å². The Bertz CT molecular complexity index is 706. The molecule has 0 unspecified atom stereocenters. The van der Waals surface area contributed by atoms with Crippen LogP contribution in [-0.4, -0.2) is 43.3 Å². The van der Waals surface area contributed by atoms with Crippen molar-refractivity contribution in [3.05, 3.63) is 28.7 Å². The van der Waals surface area contributed by atoms with Crippen LogP contribution in [0.4, 0.5) is 0 Å². The standard InChI is InChI=1S/C18H22N2O3S/c1-12(13-7-8-14(22-2)15(11-13)23-3)16-17(21)19-18(24-16)20-9-5-4-6-10-20/h7-8,11H,4-6,9-10H2,1-3H3/b16-12+. The maximum Gasteiger partial charge on any atom is 0.286 e. The molecule has 1 aromatic carbocycles. The second-order valence-corrected chi connectivity index (χ2v) is 6.85. The number of methoxy groups -OCH3 is 2. The van der Waals surface area contributed by atoms with E-state index in [0.717, 1.165) is 29.4 Å². The van der Waals surface area contributed by atoms with Crippen LogP contribution in [0.3, 0.4) is 0 Å². The fourth-order valence-electron chi connectivity index (χ4n) is 2.95. The van der Waals surface area contributed by atoms with Crippen molar-refractivity contribution < 1.29 is 14.3 Å². The third-order valence-electron chi connectivity index (χ3n) is 4.37. The van der Waals surface area contributed by atoms with Gasteiger partial charge in [0.15, 0.2) is 16.7 Å². The number of allylic oxidation sites excluding steroid dienone is 1. The molecular weight excluding hydrogens is 324 g/mol. The van der Waals surface area contributed by atoms with E-state index in [0.29, 0.717) is 16.4 Å². The summed E-state index contributed by atoms with van der Waals surface area (Å²) in [5.74, 6) is 1.19. The molecule has 5 nitrogen and oxygen atoms in total. The van der Waals surface area contributed by atoms with Gasteiger partial charge in [-0.3, -0.25) is 4.79 Å². The van der Waals surface area contributed by atoms with Crippen molar-refractivity contribution in [2.24, 2.45) is 4.99 Å². The third-order valence-corrected chi connectivity index (χ3v) is 5.59. The average molecular weight is 346 g/mol. The first kappa shape index (κ1) is 16.9. The largest absolute Gasteiger partial charge is 0.493 e. The molecule has 1 amide bonds. The van der Waals surface area contributed by atoms with Crippen LogP contribution in [0.5, 0.6) is 11.5 Å². The van der Waals surface area contributed by atoms with E-state index in [1.807, 2.05) is 25.1 Å². The van der Waals surface area contributed by atoms with E-state index in [1.54, 1.807) is 14.2 Å². The third kappa shape index (κ3) is 3.29. The second kappa shape index (κ2) is 7.30. The smallest absolute Gasteiger partial charge is 0.286 e. The summed E-state index contributed by atoms with van der Waals surface area (Å²) in [5, 5.41) is 0.842. The molecule has 0 spiro atoms. The number of thioether (sulfide) groups is 1. The van der Waals surface area contributed by atoms with Gasteiger partial charge in [-0.25, -0.2) is 0 Å². The summed E-state index contributed by atoms with van der Waals surface area (Å²) in [7, 11) is 3.22. The quantitative estimate of drug-likeness (QED) is 0.784. The van der Waals surface area contributed by atoms with Crippen LogP contribution >= 0.6 is 11.8 Å². The predicted molar refractivity (Wildman–Crippen MR) is 97.6 cm³/mol. The van der Waals surface area contributed by atoms with Crippen molar-refractivity contribution in [3.63, 3.8) is 0 Å². The minimum atomic E-state index is -0.146. The first-order valence-electron chi connectivity index (χ1n) is 8.13. The fourth-order valence-corrected chi connectivity index (χ4v) is 3.98. The minimum Gasteiger partial charge on any atom is -0.493 e. The Morgan fingerprint density at radius 2 is 1.83 bits per heavy atom. The molecule has 0 bridgehead atoms. The highest BCUT2D eigenvalue weighted by molar-refractivity contribution is 8.18. The highest BCUT2D eigenvalue weighted by Gasteiger charge is 2.28. The van der Waals surface area contributed by atoms with Crippen molar-refractivity contribution in [1.29, 1.82) is 0 Å². The van der Waals surface area contributed by atoms with Crippen molar-refractivity contribution in [2.45, 2.75) is 26.2 Å². The molecule has 3 rings (SSSR count). The van der Waals surface area contributed by atoms with E-state index < -0.39 is 0 Å². The van der Waals surface area contributed by atoms with Crippen LogP contribution < -0.4 is 9.47 Å². The van der Waals surface area contributed by atoms with E-state index in [-0.39, 0.29) is 5.91 Å². The summed E-state index contributed by atoms with van der Waals surface area (Å²) >= 11 is 1.49. The van der Waals surface area contributed by atoms with Crippen LogP contribution in [0.25, 0.3) is 5.57 Å². The number of hydrogen-bond acceptors (Lipinski definition) is 5. The molecule has 0 saturated carbocycles. The van der Waals surface area contributed by atoms with E-state index in [9.17, 15) is 4.79 Å². The fraction of sp³-hybridized carbons (Fsp3) is 0.444. The Labute approximate surface area is 146 Å². The molecule has 0 radical (unpaired) electrons. The molecule has 1 aromatic rings. The lowest BCUT2D eigenvalue weighted by molar-refractivity contribution is -0.113. The van der Waals surface area contributed by atoms with Gasteiger partial charge in [0.1, 0.15) is 0 Å². The Balaban J connectivity index is 1.86. The zero-order valence-corrected chi connectivity index (χ0v) is 15.1. The van der Waals surface area contributed by atoms with Crippen LogP contribution in [0, 0.1) is 0 Å². The number of aliphatic imine (C=N–C) groups is 1. The van der Waals surface area contributed by atoms with Crippen LogP contribution in [0.15, 0.2) is 28.1 Å².